The number of esters is 1. The summed E-state index contributed by atoms with van der Waals surface area (Å²) in [5, 5.41) is 13.3. The lowest BCUT2D eigenvalue weighted by Crippen LogP contribution is -2.39. The molecule has 0 radical (unpaired) electrons. The van der Waals surface area contributed by atoms with Crippen molar-refractivity contribution in [2.45, 2.75) is 13.0 Å². The standard InChI is InChI=1S/C11H11ClN2O5/c1-6(11(16)19-2)13-10(15)8-5-7(12)3-4-9(8)14(17)18/h3-6H,1-2H3,(H,13,15). The van der Waals surface area contributed by atoms with Gasteiger partial charge in [0.05, 0.1) is 12.0 Å². The molecule has 19 heavy (non-hydrogen) atoms. The number of nitrogens with zero attached hydrogens (tertiary/aromatic N) is 1. The Labute approximate surface area is 113 Å². The van der Waals surface area contributed by atoms with Gasteiger partial charge in [0.25, 0.3) is 11.6 Å². The first-order chi connectivity index (χ1) is 8.86. The predicted molar refractivity (Wildman–Crippen MR) is 67.1 cm³/mol. The van der Waals surface area contributed by atoms with E-state index >= 15 is 0 Å². The summed E-state index contributed by atoms with van der Waals surface area (Å²) in [6.45, 7) is 1.40. The quantitative estimate of drug-likeness (QED) is 0.514. The highest BCUT2D eigenvalue weighted by atomic mass is 35.5. The molecule has 0 spiro atoms. The molecular weight excluding hydrogens is 276 g/mol. The van der Waals surface area contributed by atoms with Crippen molar-refractivity contribution in [2.75, 3.05) is 7.11 Å². The summed E-state index contributed by atoms with van der Waals surface area (Å²) in [5.41, 5.74) is -0.604. The van der Waals surface area contributed by atoms with Gasteiger partial charge in [0.1, 0.15) is 11.6 Å². The van der Waals surface area contributed by atoms with Gasteiger partial charge in [-0.2, -0.15) is 0 Å². The molecule has 1 N–H and O–H groups in total. The van der Waals surface area contributed by atoms with Gasteiger partial charge in [-0.05, 0) is 19.1 Å². The van der Waals surface area contributed by atoms with Crippen LogP contribution in [0.15, 0.2) is 18.2 Å². The van der Waals surface area contributed by atoms with Crippen molar-refractivity contribution in [2.24, 2.45) is 0 Å². The minimum absolute atomic E-state index is 0.182. The van der Waals surface area contributed by atoms with E-state index in [1.807, 2.05) is 0 Å². The van der Waals surface area contributed by atoms with E-state index in [4.69, 9.17) is 11.6 Å². The Kier molecular flexibility index (Phi) is 4.82. The molecule has 8 heteroatoms. The molecule has 1 aromatic rings. The number of amides is 1. The van der Waals surface area contributed by atoms with E-state index < -0.39 is 22.8 Å². The second-order valence-corrected chi connectivity index (χ2v) is 4.07. The van der Waals surface area contributed by atoms with E-state index in [9.17, 15) is 19.7 Å². The van der Waals surface area contributed by atoms with Crippen LogP contribution in [0.1, 0.15) is 17.3 Å². The van der Waals surface area contributed by atoms with Crippen molar-refractivity contribution in [1.82, 2.24) is 5.32 Å². The van der Waals surface area contributed by atoms with Crippen molar-refractivity contribution in [3.63, 3.8) is 0 Å². The van der Waals surface area contributed by atoms with Crippen LogP contribution >= 0.6 is 11.6 Å². The first-order valence-electron chi connectivity index (χ1n) is 5.19. The van der Waals surface area contributed by atoms with Crippen LogP contribution in [0.25, 0.3) is 0 Å². The highest BCUT2D eigenvalue weighted by Crippen LogP contribution is 2.22. The third-order valence-corrected chi connectivity index (χ3v) is 2.54. The summed E-state index contributed by atoms with van der Waals surface area (Å²) in [7, 11) is 1.17. The zero-order valence-electron chi connectivity index (χ0n) is 10.2. The van der Waals surface area contributed by atoms with Gasteiger partial charge in [0.2, 0.25) is 0 Å². The second-order valence-electron chi connectivity index (χ2n) is 3.64. The van der Waals surface area contributed by atoms with E-state index in [0.29, 0.717) is 0 Å². The summed E-state index contributed by atoms with van der Waals surface area (Å²) < 4.78 is 4.44. The smallest absolute Gasteiger partial charge is 0.328 e. The number of carbonyl (C=O) groups is 2. The van der Waals surface area contributed by atoms with Crippen LogP contribution in [0.5, 0.6) is 0 Å². The average molecular weight is 287 g/mol. The molecule has 0 saturated carbocycles. The fraction of sp³-hybridized carbons (Fsp3) is 0.273. The number of carbonyl (C=O) groups excluding carboxylic acids is 2. The molecule has 0 bridgehead atoms. The molecule has 0 heterocycles. The Morgan fingerprint density at radius 2 is 2.11 bits per heavy atom. The maximum atomic E-state index is 11.9. The molecule has 1 rings (SSSR count). The Hall–Kier alpha value is -2.15. The number of ether oxygens (including phenoxy) is 1. The van der Waals surface area contributed by atoms with Crippen LogP contribution in [0.3, 0.4) is 0 Å². The number of nitro benzene ring substituents is 1. The Morgan fingerprint density at radius 1 is 1.47 bits per heavy atom. The molecule has 0 aromatic heterocycles. The summed E-state index contributed by atoms with van der Waals surface area (Å²) in [6.07, 6.45) is 0. The molecule has 0 aliphatic rings. The largest absolute Gasteiger partial charge is 0.467 e. The Morgan fingerprint density at radius 3 is 2.63 bits per heavy atom. The molecule has 0 aliphatic heterocycles. The van der Waals surface area contributed by atoms with Crippen molar-refractivity contribution >= 4 is 29.2 Å². The fourth-order valence-electron chi connectivity index (χ4n) is 1.36. The topological polar surface area (TPSA) is 98.5 Å². The first-order valence-corrected chi connectivity index (χ1v) is 5.57. The highest BCUT2D eigenvalue weighted by Gasteiger charge is 2.23. The number of hydrogen-bond acceptors (Lipinski definition) is 5. The van der Waals surface area contributed by atoms with Crippen LogP contribution in [-0.4, -0.2) is 30.0 Å². The lowest BCUT2D eigenvalue weighted by molar-refractivity contribution is -0.385. The van der Waals surface area contributed by atoms with E-state index in [0.717, 1.165) is 6.07 Å². The summed E-state index contributed by atoms with van der Waals surface area (Å²) >= 11 is 5.70. The molecule has 102 valence electrons. The number of halogens is 1. The Bertz CT molecular complexity index is 532. The maximum absolute atomic E-state index is 11.9. The number of nitrogens with one attached hydrogen (secondary N) is 1. The van der Waals surface area contributed by atoms with Crippen molar-refractivity contribution in [3.8, 4) is 0 Å². The third kappa shape index (κ3) is 3.65. The van der Waals surface area contributed by atoms with Gasteiger partial charge < -0.3 is 10.1 Å². The number of hydrogen-bond donors (Lipinski definition) is 1. The molecule has 1 aromatic carbocycles. The van der Waals surface area contributed by atoms with Crippen LogP contribution in [0.4, 0.5) is 5.69 Å². The molecule has 1 unspecified atom stereocenters. The van der Waals surface area contributed by atoms with Gasteiger partial charge in [-0.3, -0.25) is 14.9 Å². The van der Waals surface area contributed by atoms with Gasteiger partial charge in [-0.15, -0.1) is 0 Å². The Balaban J connectivity index is 3.02. The molecule has 0 fully saturated rings. The van der Waals surface area contributed by atoms with E-state index in [-0.39, 0.29) is 16.3 Å². The van der Waals surface area contributed by atoms with E-state index in [1.54, 1.807) is 0 Å². The minimum Gasteiger partial charge on any atom is -0.467 e. The monoisotopic (exact) mass is 286 g/mol. The summed E-state index contributed by atoms with van der Waals surface area (Å²) in [4.78, 5) is 33.1. The maximum Gasteiger partial charge on any atom is 0.328 e. The van der Waals surface area contributed by atoms with Crippen LogP contribution < -0.4 is 5.32 Å². The van der Waals surface area contributed by atoms with Gasteiger partial charge in [-0.1, -0.05) is 11.6 Å². The predicted octanol–water partition coefficient (Wildman–Crippen LogP) is 1.54. The average Bonchev–Trinajstić information content (AvgIpc) is 2.36. The summed E-state index contributed by atoms with van der Waals surface area (Å²) in [6, 6.07) is 2.68. The third-order valence-electron chi connectivity index (χ3n) is 2.30. The van der Waals surface area contributed by atoms with Gasteiger partial charge in [-0.25, -0.2) is 4.79 Å². The van der Waals surface area contributed by atoms with Gasteiger partial charge in [0.15, 0.2) is 0 Å². The minimum atomic E-state index is -0.920. The molecule has 7 nitrogen and oxygen atoms in total. The van der Waals surface area contributed by atoms with Crippen LogP contribution in [0, 0.1) is 10.1 Å². The number of nitro groups is 1. The lowest BCUT2D eigenvalue weighted by Gasteiger charge is -2.11. The van der Waals surface area contributed by atoms with E-state index in [2.05, 4.69) is 10.1 Å². The normalized spacial score (nSPS) is 11.5. The number of rotatable bonds is 4. The molecule has 0 saturated heterocycles. The molecule has 1 atom stereocenters. The SMILES string of the molecule is COC(=O)C(C)NC(=O)c1cc(Cl)ccc1[N+](=O)[O-]. The molecule has 0 aliphatic carbocycles. The number of methoxy groups -OCH3 is 1. The zero-order chi connectivity index (χ0) is 14.6. The highest BCUT2D eigenvalue weighted by molar-refractivity contribution is 6.31. The molecule has 1 amide bonds. The van der Waals surface area contributed by atoms with Crippen LogP contribution in [-0.2, 0) is 9.53 Å². The van der Waals surface area contributed by atoms with Crippen molar-refractivity contribution in [3.05, 3.63) is 38.9 Å². The lowest BCUT2D eigenvalue weighted by atomic mass is 10.1. The second kappa shape index (κ2) is 6.14. The van der Waals surface area contributed by atoms with Crippen LogP contribution in [0.2, 0.25) is 5.02 Å². The molecular formula is C11H11ClN2O5. The van der Waals surface area contributed by atoms with Crippen molar-refractivity contribution in [1.29, 1.82) is 0 Å². The fourth-order valence-corrected chi connectivity index (χ4v) is 1.53. The van der Waals surface area contributed by atoms with Gasteiger partial charge >= 0.3 is 5.97 Å². The van der Waals surface area contributed by atoms with Crippen molar-refractivity contribution < 1.29 is 19.2 Å². The van der Waals surface area contributed by atoms with Gasteiger partial charge in [0, 0.05) is 11.1 Å². The first kappa shape index (κ1) is 14.9. The van der Waals surface area contributed by atoms with E-state index in [1.165, 1.54) is 26.2 Å². The zero-order valence-corrected chi connectivity index (χ0v) is 10.9. The summed E-state index contributed by atoms with van der Waals surface area (Å²) in [5.74, 6) is -1.43. The number of benzene rings is 1.